The van der Waals surface area contributed by atoms with Crippen molar-refractivity contribution in [2.75, 3.05) is 18.5 Å². The first kappa shape index (κ1) is 17.2. The molecule has 1 fully saturated rings. The van der Waals surface area contributed by atoms with Crippen molar-refractivity contribution in [3.05, 3.63) is 60.1 Å². The molecule has 25 heavy (non-hydrogen) atoms. The van der Waals surface area contributed by atoms with E-state index >= 15 is 0 Å². The van der Waals surface area contributed by atoms with Crippen LogP contribution in [0, 0.1) is 0 Å². The second kappa shape index (κ2) is 7.50. The van der Waals surface area contributed by atoms with Gasteiger partial charge in [0.05, 0.1) is 0 Å². The quantitative estimate of drug-likeness (QED) is 0.265. The van der Waals surface area contributed by atoms with Crippen LogP contribution in [0.4, 0.5) is 5.69 Å². The molecular weight excluding hydrogens is 340 g/mol. The zero-order valence-electron chi connectivity index (χ0n) is 13.8. The van der Waals surface area contributed by atoms with E-state index in [1.54, 1.807) is 6.08 Å². The highest BCUT2D eigenvalue weighted by molar-refractivity contribution is 7.80. The Morgan fingerprint density at radius 2 is 2.24 bits per heavy atom. The first-order chi connectivity index (χ1) is 12.1. The molecule has 0 saturated carbocycles. The topological polar surface area (TPSA) is 51.2 Å². The van der Waals surface area contributed by atoms with Gasteiger partial charge >= 0.3 is 11.1 Å². The predicted molar refractivity (Wildman–Crippen MR) is 98.0 cm³/mol. The fourth-order valence-electron chi connectivity index (χ4n) is 2.76. The Morgan fingerprint density at radius 1 is 1.40 bits per heavy atom. The average molecular weight is 358 g/mol. The van der Waals surface area contributed by atoms with Crippen LogP contribution in [0.2, 0.25) is 0 Å². The number of hydrogen-bond acceptors (Lipinski definition) is 6. The van der Waals surface area contributed by atoms with Gasteiger partial charge in [0.1, 0.15) is 6.26 Å². The number of hydrogen-bond donors (Lipinski definition) is 0. The van der Waals surface area contributed by atoms with Crippen LogP contribution < -0.4 is 4.90 Å². The smallest absolute Gasteiger partial charge is 0.324 e. The summed E-state index contributed by atoms with van der Waals surface area (Å²) < 4.78 is 5.20. The lowest BCUT2D eigenvalue weighted by Crippen LogP contribution is -2.28. The van der Waals surface area contributed by atoms with Crippen LogP contribution in [0.25, 0.3) is 6.08 Å². The molecular formula is C18H18N2O4S. The molecule has 0 atom stereocenters. The van der Waals surface area contributed by atoms with Crippen LogP contribution in [0.3, 0.4) is 0 Å². The van der Waals surface area contributed by atoms with Crippen molar-refractivity contribution in [1.29, 1.82) is 0 Å². The minimum atomic E-state index is -0.538. The normalized spacial score (nSPS) is 18.7. The molecule has 0 bridgehead atoms. The summed E-state index contributed by atoms with van der Waals surface area (Å²) in [5.41, 5.74) is 3.66. The predicted octanol–water partition coefficient (Wildman–Crippen LogP) is 3.12. The van der Waals surface area contributed by atoms with Crippen molar-refractivity contribution < 1.29 is 19.4 Å². The van der Waals surface area contributed by atoms with E-state index in [0.717, 1.165) is 36.3 Å². The van der Waals surface area contributed by atoms with Crippen molar-refractivity contribution in [3.8, 4) is 0 Å². The summed E-state index contributed by atoms with van der Waals surface area (Å²) in [5.74, 6) is -0.477. The standard InChI is InChI=1S/C18H18N2O4S/c1-3-22-24-20-17(21)16(23-18(20)25)8-4-6-13-9-10-15-14(12-13)7-5-11-19(15)2/h3-4,6,8-10,12H,1,5,7,11H2,2H3/b6-4+,16-8+. The Labute approximate surface area is 151 Å². The maximum Gasteiger partial charge on any atom is 0.324 e. The number of thiocarbonyl (C=S) groups is 1. The second-order valence-corrected chi connectivity index (χ2v) is 5.96. The Morgan fingerprint density at radius 3 is 3.04 bits per heavy atom. The van der Waals surface area contributed by atoms with Gasteiger partial charge in [-0.1, -0.05) is 29.9 Å². The summed E-state index contributed by atoms with van der Waals surface area (Å²) >= 11 is 4.90. The van der Waals surface area contributed by atoms with Gasteiger partial charge in [-0.15, -0.1) is 0 Å². The van der Waals surface area contributed by atoms with Gasteiger partial charge in [0.2, 0.25) is 0 Å². The number of anilines is 1. The Balaban J connectivity index is 1.70. The van der Waals surface area contributed by atoms with Gasteiger partial charge < -0.3 is 14.5 Å². The van der Waals surface area contributed by atoms with Crippen LogP contribution in [0.15, 0.2) is 49.0 Å². The van der Waals surface area contributed by atoms with E-state index < -0.39 is 5.91 Å². The maximum absolute atomic E-state index is 12.1. The summed E-state index contributed by atoms with van der Waals surface area (Å²) in [5, 5.41) is 0.606. The molecule has 6 nitrogen and oxygen atoms in total. The summed E-state index contributed by atoms with van der Waals surface area (Å²) in [7, 11) is 2.10. The number of ether oxygens (including phenoxy) is 1. The third kappa shape index (κ3) is 3.72. The third-order valence-electron chi connectivity index (χ3n) is 3.93. The van der Waals surface area contributed by atoms with E-state index in [0.29, 0.717) is 0 Å². The molecule has 1 aromatic carbocycles. The number of carbonyl (C=O) groups is 1. The van der Waals surface area contributed by atoms with Crippen LogP contribution in [0.1, 0.15) is 17.5 Å². The van der Waals surface area contributed by atoms with Gasteiger partial charge in [-0.3, -0.25) is 4.79 Å². The number of rotatable bonds is 5. The molecule has 130 valence electrons. The minimum Gasteiger partial charge on any atom is -0.424 e. The van der Waals surface area contributed by atoms with Crippen LogP contribution in [-0.2, 0) is 25.8 Å². The minimum absolute atomic E-state index is 0.0617. The second-order valence-electron chi connectivity index (χ2n) is 5.61. The van der Waals surface area contributed by atoms with E-state index in [2.05, 4.69) is 40.5 Å². The molecule has 2 aliphatic heterocycles. The fraction of sp³-hybridized carbons (Fsp3) is 0.222. The molecule has 2 aliphatic rings. The summed E-state index contributed by atoms with van der Waals surface area (Å²) in [6.45, 7) is 4.40. The number of amides is 1. The first-order valence-electron chi connectivity index (χ1n) is 7.83. The average Bonchev–Trinajstić information content (AvgIpc) is 2.87. The SMILES string of the molecule is C=COON1C(=O)/C(=C\C=C\c2ccc3c(c2)CCCN3C)OC1=S. The van der Waals surface area contributed by atoms with Crippen LogP contribution in [0.5, 0.6) is 0 Å². The van der Waals surface area contributed by atoms with Crippen molar-refractivity contribution in [1.82, 2.24) is 5.06 Å². The van der Waals surface area contributed by atoms with Gasteiger partial charge in [-0.25, -0.2) is 0 Å². The molecule has 0 radical (unpaired) electrons. The summed E-state index contributed by atoms with van der Waals surface area (Å²) in [6, 6.07) is 6.33. The molecule has 0 spiro atoms. The lowest BCUT2D eigenvalue weighted by Gasteiger charge is -2.27. The fourth-order valence-corrected chi connectivity index (χ4v) is 2.96. The first-order valence-corrected chi connectivity index (χ1v) is 8.24. The highest BCUT2D eigenvalue weighted by Crippen LogP contribution is 2.27. The number of nitrogens with zero attached hydrogens (tertiary/aromatic N) is 2. The zero-order chi connectivity index (χ0) is 17.8. The van der Waals surface area contributed by atoms with Gasteiger partial charge in [-0.2, -0.15) is 0 Å². The van der Waals surface area contributed by atoms with Crippen LogP contribution >= 0.6 is 12.2 Å². The van der Waals surface area contributed by atoms with Crippen molar-refractivity contribution in [2.24, 2.45) is 0 Å². The van der Waals surface area contributed by atoms with Crippen molar-refractivity contribution in [3.63, 3.8) is 0 Å². The van der Waals surface area contributed by atoms with E-state index in [9.17, 15) is 4.79 Å². The lowest BCUT2D eigenvalue weighted by atomic mass is 9.99. The molecule has 0 unspecified atom stereocenters. The number of aryl methyl sites for hydroxylation is 1. The third-order valence-corrected chi connectivity index (χ3v) is 4.18. The van der Waals surface area contributed by atoms with Gasteiger partial charge in [0.25, 0.3) is 0 Å². The van der Waals surface area contributed by atoms with E-state index in [1.165, 1.54) is 17.3 Å². The molecule has 1 amide bonds. The number of carbonyl (C=O) groups excluding carboxylic acids is 1. The van der Waals surface area contributed by atoms with E-state index in [4.69, 9.17) is 17.0 Å². The van der Waals surface area contributed by atoms with Crippen molar-refractivity contribution >= 4 is 35.1 Å². The molecule has 3 rings (SSSR count). The highest BCUT2D eigenvalue weighted by atomic mass is 32.1. The molecule has 7 heteroatoms. The zero-order valence-corrected chi connectivity index (χ0v) is 14.6. The monoisotopic (exact) mass is 358 g/mol. The summed E-state index contributed by atoms with van der Waals surface area (Å²) in [6.07, 6.45) is 8.45. The number of fused-ring (bicyclic) bond motifs is 1. The molecule has 1 aromatic rings. The molecule has 0 N–H and O–H groups in total. The molecule has 2 heterocycles. The Hall–Kier alpha value is -2.64. The number of hydroxylamine groups is 2. The summed E-state index contributed by atoms with van der Waals surface area (Å²) in [4.78, 5) is 23.5. The Bertz CT molecular complexity index is 772. The highest BCUT2D eigenvalue weighted by Gasteiger charge is 2.35. The maximum atomic E-state index is 12.1. The lowest BCUT2D eigenvalue weighted by molar-refractivity contribution is -0.352. The number of allylic oxidation sites excluding steroid dienone is 2. The van der Waals surface area contributed by atoms with Gasteiger partial charge in [0, 0.05) is 19.3 Å². The largest absolute Gasteiger partial charge is 0.424 e. The van der Waals surface area contributed by atoms with Gasteiger partial charge in [-0.05, 0) is 59.4 Å². The number of benzene rings is 1. The van der Waals surface area contributed by atoms with Crippen LogP contribution in [-0.4, -0.2) is 29.7 Å². The van der Waals surface area contributed by atoms with E-state index in [1.807, 2.05) is 12.1 Å². The van der Waals surface area contributed by atoms with Crippen molar-refractivity contribution in [2.45, 2.75) is 12.8 Å². The molecule has 0 aromatic heterocycles. The van der Waals surface area contributed by atoms with Gasteiger partial charge in [0.15, 0.2) is 5.76 Å². The van der Waals surface area contributed by atoms with E-state index in [-0.39, 0.29) is 10.9 Å². The Kier molecular flexibility index (Phi) is 5.16. The molecule has 1 saturated heterocycles. The molecule has 0 aliphatic carbocycles.